The van der Waals surface area contributed by atoms with E-state index in [1.165, 1.54) is 5.69 Å². The van der Waals surface area contributed by atoms with Crippen molar-refractivity contribution in [2.45, 2.75) is 25.4 Å². The van der Waals surface area contributed by atoms with Gasteiger partial charge >= 0.3 is 0 Å². The highest BCUT2D eigenvalue weighted by Gasteiger charge is 2.21. The average molecular weight is 194 g/mol. The molecule has 2 rings (SSSR count). The third kappa shape index (κ3) is 2.33. The Morgan fingerprint density at radius 2 is 2.43 bits per heavy atom. The standard InChI is InChI=1S/C10H18N4/c1-8-5-14(2)6-10(13-8)3-9-4-11-7-12-9/h4,7-8,10,13H,3,5-6H2,1-2H3,(H,11,12)/t8?,10-/m1/s1. The van der Waals surface area contributed by atoms with Crippen molar-refractivity contribution >= 4 is 0 Å². The van der Waals surface area contributed by atoms with Gasteiger partial charge in [-0.1, -0.05) is 0 Å². The van der Waals surface area contributed by atoms with Crippen LogP contribution in [0.1, 0.15) is 12.6 Å². The van der Waals surface area contributed by atoms with Gasteiger partial charge in [0.1, 0.15) is 0 Å². The van der Waals surface area contributed by atoms with Gasteiger partial charge in [0.15, 0.2) is 0 Å². The monoisotopic (exact) mass is 194 g/mol. The van der Waals surface area contributed by atoms with Crippen LogP contribution in [0, 0.1) is 0 Å². The van der Waals surface area contributed by atoms with Crippen LogP contribution in [0.25, 0.3) is 0 Å². The van der Waals surface area contributed by atoms with Crippen molar-refractivity contribution in [3.05, 3.63) is 18.2 Å². The fraction of sp³-hybridized carbons (Fsp3) is 0.700. The van der Waals surface area contributed by atoms with Gasteiger partial charge < -0.3 is 15.2 Å². The fourth-order valence-electron chi connectivity index (χ4n) is 2.21. The van der Waals surface area contributed by atoms with Crippen LogP contribution in [-0.4, -0.2) is 47.1 Å². The molecule has 0 saturated carbocycles. The van der Waals surface area contributed by atoms with E-state index < -0.39 is 0 Å². The van der Waals surface area contributed by atoms with Crippen LogP contribution in [0.2, 0.25) is 0 Å². The minimum absolute atomic E-state index is 0.546. The Labute approximate surface area is 84.7 Å². The molecule has 1 aliphatic rings. The molecule has 4 nitrogen and oxygen atoms in total. The summed E-state index contributed by atoms with van der Waals surface area (Å²) in [7, 11) is 2.18. The number of rotatable bonds is 2. The highest BCUT2D eigenvalue weighted by molar-refractivity contribution is 4.99. The first-order chi connectivity index (χ1) is 6.74. The van der Waals surface area contributed by atoms with Crippen molar-refractivity contribution in [3.63, 3.8) is 0 Å². The summed E-state index contributed by atoms with van der Waals surface area (Å²) < 4.78 is 0. The predicted octanol–water partition coefficient (Wildman–Crippen LogP) is 0.244. The molecule has 2 N–H and O–H groups in total. The molecule has 78 valence electrons. The van der Waals surface area contributed by atoms with E-state index in [0.717, 1.165) is 19.5 Å². The van der Waals surface area contributed by atoms with Crippen LogP contribution in [0.4, 0.5) is 0 Å². The number of nitrogens with zero attached hydrogens (tertiary/aromatic N) is 2. The Kier molecular flexibility index (Phi) is 2.84. The maximum Gasteiger partial charge on any atom is 0.0921 e. The topological polar surface area (TPSA) is 44.0 Å². The van der Waals surface area contributed by atoms with Gasteiger partial charge in [-0.2, -0.15) is 0 Å². The number of piperazine rings is 1. The number of hydrogen-bond donors (Lipinski definition) is 2. The van der Waals surface area contributed by atoms with Crippen molar-refractivity contribution in [2.24, 2.45) is 0 Å². The lowest BCUT2D eigenvalue weighted by Crippen LogP contribution is -2.54. The minimum Gasteiger partial charge on any atom is -0.348 e. The van der Waals surface area contributed by atoms with Gasteiger partial charge in [0.2, 0.25) is 0 Å². The maximum atomic E-state index is 4.03. The van der Waals surface area contributed by atoms with Gasteiger partial charge in [-0.15, -0.1) is 0 Å². The van der Waals surface area contributed by atoms with Gasteiger partial charge in [0, 0.05) is 43.5 Å². The number of nitrogens with one attached hydrogen (secondary N) is 2. The van der Waals surface area contributed by atoms with E-state index in [-0.39, 0.29) is 0 Å². The van der Waals surface area contributed by atoms with Crippen molar-refractivity contribution in [1.29, 1.82) is 0 Å². The highest BCUT2D eigenvalue weighted by Crippen LogP contribution is 2.06. The average Bonchev–Trinajstić information content (AvgIpc) is 2.54. The van der Waals surface area contributed by atoms with Crippen LogP contribution < -0.4 is 5.32 Å². The van der Waals surface area contributed by atoms with Crippen LogP contribution in [0.15, 0.2) is 12.5 Å². The molecular formula is C10H18N4. The number of H-pyrrole nitrogens is 1. The third-order valence-electron chi connectivity index (χ3n) is 2.66. The number of aromatic amines is 1. The van der Waals surface area contributed by atoms with Gasteiger partial charge in [-0.05, 0) is 14.0 Å². The summed E-state index contributed by atoms with van der Waals surface area (Å²) in [5, 5.41) is 3.60. The summed E-state index contributed by atoms with van der Waals surface area (Å²) in [5.41, 5.74) is 1.21. The van der Waals surface area contributed by atoms with E-state index >= 15 is 0 Å². The second kappa shape index (κ2) is 4.11. The van der Waals surface area contributed by atoms with Crippen molar-refractivity contribution in [2.75, 3.05) is 20.1 Å². The quantitative estimate of drug-likeness (QED) is 0.709. The number of aromatic nitrogens is 2. The second-order valence-electron chi connectivity index (χ2n) is 4.27. The Balaban J connectivity index is 1.91. The largest absolute Gasteiger partial charge is 0.348 e. The Morgan fingerprint density at radius 3 is 3.07 bits per heavy atom. The Morgan fingerprint density at radius 1 is 1.57 bits per heavy atom. The SMILES string of the molecule is CC1CN(C)C[C@@H](Cc2cnc[nH]2)N1. The van der Waals surface area contributed by atoms with E-state index in [0.29, 0.717) is 12.1 Å². The molecule has 14 heavy (non-hydrogen) atoms. The Hall–Kier alpha value is -0.870. The Bertz CT molecular complexity index is 260. The molecule has 1 saturated heterocycles. The van der Waals surface area contributed by atoms with Gasteiger partial charge in [0.25, 0.3) is 0 Å². The van der Waals surface area contributed by atoms with Crippen molar-refractivity contribution in [3.8, 4) is 0 Å². The van der Waals surface area contributed by atoms with E-state index in [9.17, 15) is 0 Å². The summed E-state index contributed by atoms with van der Waals surface area (Å²) in [6, 6.07) is 1.13. The molecule has 4 heteroatoms. The maximum absolute atomic E-state index is 4.03. The third-order valence-corrected chi connectivity index (χ3v) is 2.66. The summed E-state index contributed by atoms with van der Waals surface area (Å²) >= 11 is 0. The van der Waals surface area contributed by atoms with Crippen LogP contribution in [0.5, 0.6) is 0 Å². The van der Waals surface area contributed by atoms with E-state index in [4.69, 9.17) is 0 Å². The summed E-state index contributed by atoms with van der Waals surface area (Å²) in [5.74, 6) is 0. The van der Waals surface area contributed by atoms with Crippen molar-refractivity contribution in [1.82, 2.24) is 20.2 Å². The van der Waals surface area contributed by atoms with Crippen LogP contribution >= 0.6 is 0 Å². The number of likely N-dealkylation sites (N-methyl/N-ethyl adjacent to an activating group) is 1. The summed E-state index contributed by atoms with van der Waals surface area (Å²) in [4.78, 5) is 9.55. The van der Waals surface area contributed by atoms with Crippen molar-refractivity contribution < 1.29 is 0 Å². The molecule has 1 aliphatic heterocycles. The number of hydrogen-bond acceptors (Lipinski definition) is 3. The zero-order chi connectivity index (χ0) is 9.97. The normalized spacial score (nSPS) is 29.3. The zero-order valence-corrected chi connectivity index (χ0v) is 8.83. The van der Waals surface area contributed by atoms with E-state index in [2.05, 4.69) is 34.2 Å². The molecule has 0 aromatic carbocycles. The molecule has 1 aromatic rings. The molecule has 1 aromatic heterocycles. The van der Waals surface area contributed by atoms with Gasteiger partial charge in [0.05, 0.1) is 6.33 Å². The molecule has 2 atom stereocenters. The van der Waals surface area contributed by atoms with E-state index in [1.54, 1.807) is 6.33 Å². The molecule has 0 bridgehead atoms. The molecule has 0 spiro atoms. The molecule has 1 fully saturated rings. The summed E-state index contributed by atoms with van der Waals surface area (Å²) in [6.45, 7) is 4.48. The number of imidazole rings is 1. The first-order valence-electron chi connectivity index (χ1n) is 5.16. The summed E-state index contributed by atoms with van der Waals surface area (Å²) in [6.07, 6.45) is 4.68. The molecule has 0 aliphatic carbocycles. The predicted molar refractivity (Wildman–Crippen MR) is 56.2 cm³/mol. The molecule has 0 amide bonds. The van der Waals surface area contributed by atoms with E-state index in [1.807, 2.05) is 6.20 Å². The zero-order valence-electron chi connectivity index (χ0n) is 8.83. The fourth-order valence-corrected chi connectivity index (χ4v) is 2.21. The molecule has 0 radical (unpaired) electrons. The lowest BCUT2D eigenvalue weighted by atomic mass is 10.1. The van der Waals surface area contributed by atoms with Gasteiger partial charge in [-0.3, -0.25) is 0 Å². The van der Waals surface area contributed by atoms with Gasteiger partial charge in [-0.25, -0.2) is 4.98 Å². The lowest BCUT2D eigenvalue weighted by molar-refractivity contribution is 0.198. The second-order valence-corrected chi connectivity index (χ2v) is 4.27. The van der Waals surface area contributed by atoms with Crippen LogP contribution in [0.3, 0.4) is 0 Å². The first-order valence-corrected chi connectivity index (χ1v) is 5.16. The molecule has 1 unspecified atom stereocenters. The smallest absolute Gasteiger partial charge is 0.0921 e. The first kappa shape index (κ1) is 9.68. The minimum atomic E-state index is 0.546. The molecule has 2 heterocycles. The van der Waals surface area contributed by atoms with Crippen LogP contribution in [-0.2, 0) is 6.42 Å². The highest BCUT2D eigenvalue weighted by atomic mass is 15.2. The molecular weight excluding hydrogens is 176 g/mol. The lowest BCUT2D eigenvalue weighted by Gasteiger charge is -2.35.